The monoisotopic (exact) mass is 232 g/mol. The van der Waals surface area contributed by atoms with E-state index in [1.165, 1.54) is 0 Å². The zero-order valence-electron chi connectivity index (χ0n) is 9.61. The Balaban J connectivity index is 2.15. The van der Waals surface area contributed by atoms with Crippen molar-refractivity contribution in [2.45, 2.75) is 31.2 Å². The van der Waals surface area contributed by atoms with Gasteiger partial charge in [-0.25, -0.2) is 0 Å². The van der Waals surface area contributed by atoms with Gasteiger partial charge in [-0.1, -0.05) is 31.0 Å². The first kappa shape index (κ1) is 11.6. The van der Waals surface area contributed by atoms with Crippen molar-refractivity contribution in [1.29, 1.82) is 0 Å². The van der Waals surface area contributed by atoms with Gasteiger partial charge in [0.25, 0.3) is 5.91 Å². The van der Waals surface area contributed by atoms with Gasteiger partial charge in [-0.2, -0.15) is 0 Å². The van der Waals surface area contributed by atoms with Gasteiger partial charge in [0.15, 0.2) is 0 Å². The predicted molar refractivity (Wildman–Crippen MR) is 64.3 cm³/mol. The van der Waals surface area contributed by atoms with Crippen molar-refractivity contribution in [3.8, 4) is 0 Å². The largest absolute Gasteiger partial charge is 0.368 e. The van der Waals surface area contributed by atoms with Crippen LogP contribution in [0.5, 0.6) is 0 Å². The van der Waals surface area contributed by atoms with Crippen LogP contribution < -0.4 is 11.1 Å². The molecule has 0 bridgehead atoms. The Bertz CT molecular complexity index is 422. The fourth-order valence-corrected chi connectivity index (χ4v) is 2.29. The third-order valence-corrected chi connectivity index (χ3v) is 3.32. The van der Waals surface area contributed by atoms with E-state index in [1.54, 1.807) is 24.3 Å². The molecule has 3 N–H and O–H groups in total. The Morgan fingerprint density at radius 2 is 1.71 bits per heavy atom. The highest BCUT2D eigenvalue weighted by atomic mass is 16.2. The lowest BCUT2D eigenvalue weighted by Gasteiger charge is -2.26. The maximum atomic E-state index is 12.0. The van der Waals surface area contributed by atoms with E-state index < -0.39 is 11.4 Å². The summed E-state index contributed by atoms with van der Waals surface area (Å²) in [4.78, 5) is 23.5. The number of nitrogens with two attached hydrogens (primary N) is 1. The molecule has 1 aliphatic carbocycles. The highest BCUT2D eigenvalue weighted by molar-refractivity contribution is 5.99. The van der Waals surface area contributed by atoms with E-state index in [0.717, 1.165) is 12.8 Å². The summed E-state index contributed by atoms with van der Waals surface area (Å²) >= 11 is 0. The molecule has 0 unspecified atom stereocenters. The Morgan fingerprint density at radius 1 is 1.12 bits per heavy atom. The van der Waals surface area contributed by atoms with E-state index in [4.69, 9.17) is 5.73 Å². The highest BCUT2D eigenvalue weighted by Crippen LogP contribution is 2.29. The molecule has 4 nitrogen and oxygen atoms in total. The first-order chi connectivity index (χ1) is 8.14. The molecule has 1 aromatic rings. The normalized spacial score (nSPS) is 17.6. The first-order valence-corrected chi connectivity index (χ1v) is 5.81. The highest BCUT2D eigenvalue weighted by Gasteiger charge is 2.40. The number of amides is 2. The van der Waals surface area contributed by atoms with Gasteiger partial charge in [0, 0.05) is 5.56 Å². The summed E-state index contributed by atoms with van der Waals surface area (Å²) in [5.41, 5.74) is 5.12. The van der Waals surface area contributed by atoms with Crippen LogP contribution in [-0.2, 0) is 4.79 Å². The number of hydrogen-bond acceptors (Lipinski definition) is 2. The van der Waals surface area contributed by atoms with E-state index in [1.807, 2.05) is 6.07 Å². The minimum absolute atomic E-state index is 0.230. The molecule has 0 atom stereocenters. The average molecular weight is 232 g/mol. The molecule has 0 aromatic heterocycles. The summed E-state index contributed by atoms with van der Waals surface area (Å²) in [5.74, 6) is -0.661. The van der Waals surface area contributed by atoms with Crippen LogP contribution in [0.4, 0.5) is 0 Å². The van der Waals surface area contributed by atoms with Crippen LogP contribution in [0.2, 0.25) is 0 Å². The lowest BCUT2D eigenvalue weighted by molar-refractivity contribution is -0.123. The van der Waals surface area contributed by atoms with Crippen molar-refractivity contribution >= 4 is 11.8 Å². The molecule has 17 heavy (non-hydrogen) atoms. The molecule has 4 heteroatoms. The molecule has 2 rings (SSSR count). The number of carbonyl (C=O) groups excluding carboxylic acids is 2. The van der Waals surface area contributed by atoms with Gasteiger partial charge in [0.1, 0.15) is 5.54 Å². The molecule has 0 aliphatic heterocycles. The molecule has 90 valence electrons. The van der Waals surface area contributed by atoms with E-state index in [9.17, 15) is 9.59 Å². The van der Waals surface area contributed by atoms with E-state index in [0.29, 0.717) is 18.4 Å². The van der Waals surface area contributed by atoms with Crippen LogP contribution in [0, 0.1) is 0 Å². The zero-order valence-corrected chi connectivity index (χ0v) is 9.61. The number of nitrogens with one attached hydrogen (secondary N) is 1. The standard InChI is InChI=1S/C13H16N2O2/c14-12(17)13(8-4-5-9-13)15-11(16)10-6-2-1-3-7-10/h1-3,6-7H,4-5,8-9H2,(H2,14,17)(H,15,16). The molecule has 2 amide bonds. The Labute approximate surface area is 100 Å². The Kier molecular flexibility index (Phi) is 3.13. The third-order valence-electron chi connectivity index (χ3n) is 3.32. The lowest BCUT2D eigenvalue weighted by atomic mass is 9.96. The summed E-state index contributed by atoms with van der Waals surface area (Å²) in [6.07, 6.45) is 3.14. The van der Waals surface area contributed by atoms with E-state index in [-0.39, 0.29) is 5.91 Å². The maximum Gasteiger partial charge on any atom is 0.252 e. The van der Waals surface area contributed by atoms with Crippen molar-refractivity contribution in [2.75, 3.05) is 0 Å². The summed E-state index contributed by atoms with van der Waals surface area (Å²) in [6.45, 7) is 0. The minimum Gasteiger partial charge on any atom is -0.368 e. The summed E-state index contributed by atoms with van der Waals surface area (Å²) in [7, 11) is 0. The molecule has 1 fully saturated rings. The Morgan fingerprint density at radius 3 is 2.24 bits per heavy atom. The van der Waals surface area contributed by atoms with Crippen molar-refractivity contribution in [1.82, 2.24) is 5.32 Å². The average Bonchev–Trinajstić information content (AvgIpc) is 2.80. The van der Waals surface area contributed by atoms with Gasteiger partial charge in [-0.05, 0) is 25.0 Å². The summed E-state index contributed by atoms with van der Waals surface area (Å²) < 4.78 is 0. The SMILES string of the molecule is NC(=O)C1(NC(=O)c2ccccc2)CCCC1. The molecule has 1 saturated carbocycles. The lowest BCUT2D eigenvalue weighted by Crippen LogP contribution is -2.55. The molecule has 0 spiro atoms. The number of carbonyl (C=O) groups is 2. The molecule has 0 heterocycles. The van der Waals surface area contributed by atoms with Crippen molar-refractivity contribution in [3.05, 3.63) is 35.9 Å². The number of benzene rings is 1. The second-order valence-electron chi connectivity index (χ2n) is 4.47. The van der Waals surface area contributed by atoms with Crippen LogP contribution in [0.3, 0.4) is 0 Å². The first-order valence-electron chi connectivity index (χ1n) is 5.81. The number of primary amides is 1. The topological polar surface area (TPSA) is 72.2 Å². The second kappa shape index (κ2) is 4.57. The Hall–Kier alpha value is -1.84. The molecule has 1 aromatic carbocycles. The second-order valence-corrected chi connectivity index (χ2v) is 4.47. The van der Waals surface area contributed by atoms with Gasteiger partial charge in [0.2, 0.25) is 5.91 Å². The van der Waals surface area contributed by atoms with Gasteiger partial charge in [0.05, 0.1) is 0 Å². The molecule has 0 radical (unpaired) electrons. The fourth-order valence-electron chi connectivity index (χ4n) is 2.29. The quantitative estimate of drug-likeness (QED) is 0.822. The molecular formula is C13H16N2O2. The van der Waals surface area contributed by atoms with Gasteiger partial charge in [-0.3, -0.25) is 9.59 Å². The van der Waals surface area contributed by atoms with Crippen molar-refractivity contribution < 1.29 is 9.59 Å². The van der Waals surface area contributed by atoms with Crippen LogP contribution >= 0.6 is 0 Å². The van der Waals surface area contributed by atoms with Crippen molar-refractivity contribution in [2.24, 2.45) is 5.73 Å². The fraction of sp³-hybridized carbons (Fsp3) is 0.385. The van der Waals surface area contributed by atoms with Crippen LogP contribution in [0.1, 0.15) is 36.0 Å². The summed E-state index contributed by atoms with van der Waals surface area (Å²) in [5, 5.41) is 2.79. The van der Waals surface area contributed by atoms with Crippen LogP contribution in [0.25, 0.3) is 0 Å². The zero-order chi connectivity index (χ0) is 12.3. The predicted octanol–water partition coefficient (Wildman–Crippen LogP) is 1.21. The van der Waals surface area contributed by atoms with Gasteiger partial charge in [-0.15, -0.1) is 0 Å². The van der Waals surface area contributed by atoms with Crippen LogP contribution in [-0.4, -0.2) is 17.4 Å². The third kappa shape index (κ3) is 2.30. The van der Waals surface area contributed by atoms with E-state index in [2.05, 4.69) is 5.32 Å². The molecule has 0 saturated heterocycles. The van der Waals surface area contributed by atoms with Crippen molar-refractivity contribution in [3.63, 3.8) is 0 Å². The summed E-state index contributed by atoms with van der Waals surface area (Å²) in [6, 6.07) is 8.87. The van der Waals surface area contributed by atoms with E-state index >= 15 is 0 Å². The number of rotatable bonds is 3. The number of hydrogen-bond donors (Lipinski definition) is 2. The van der Waals surface area contributed by atoms with Gasteiger partial charge < -0.3 is 11.1 Å². The van der Waals surface area contributed by atoms with Gasteiger partial charge >= 0.3 is 0 Å². The van der Waals surface area contributed by atoms with Crippen LogP contribution in [0.15, 0.2) is 30.3 Å². The molecular weight excluding hydrogens is 216 g/mol. The molecule has 1 aliphatic rings. The minimum atomic E-state index is -0.840. The maximum absolute atomic E-state index is 12.0. The smallest absolute Gasteiger partial charge is 0.252 e.